The third-order valence-electron chi connectivity index (χ3n) is 6.39. The first kappa shape index (κ1) is 17.8. The first-order valence-electron chi connectivity index (χ1n) is 10.9. The van der Waals surface area contributed by atoms with Crippen molar-refractivity contribution in [1.82, 2.24) is 4.57 Å². The summed E-state index contributed by atoms with van der Waals surface area (Å²) in [5.74, 6) is 0. The lowest BCUT2D eigenvalue weighted by molar-refractivity contribution is 1.19. The van der Waals surface area contributed by atoms with Crippen LogP contribution in [-0.4, -0.2) is 4.57 Å². The van der Waals surface area contributed by atoms with Crippen molar-refractivity contribution in [2.75, 3.05) is 0 Å². The summed E-state index contributed by atoms with van der Waals surface area (Å²) < 4.78 is 5.13. The third-order valence-corrected chi connectivity index (χ3v) is 7.52. The van der Waals surface area contributed by atoms with E-state index >= 15 is 0 Å². The number of rotatable bonds is 2. The van der Waals surface area contributed by atoms with Gasteiger partial charge < -0.3 is 4.57 Å². The van der Waals surface area contributed by atoms with Gasteiger partial charge in [-0.1, -0.05) is 84.9 Å². The van der Waals surface area contributed by atoms with Gasteiger partial charge in [-0.2, -0.15) is 0 Å². The van der Waals surface area contributed by atoms with E-state index in [9.17, 15) is 0 Å². The van der Waals surface area contributed by atoms with Gasteiger partial charge in [0, 0.05) is 36.6 Å². The Kier molecular flexibility index (Phi) is 3.78. The quantitative estimate of drug-likeness (QED) is 0.261. The van der Waals surface area contributed by atoms with Crippen LogP contribution in [0.4, 0.5) is 0 Å². The first-order chi connectivity index (χ1) is 15.9. The fraction of sp³-hybridized carbons (Fsp3) is 0. The predicted molar refractivity (Wildman–Crippen MR) is 139 cm³/mol. The molecule has 0 amide bonds. The zero-order valence-electron chi connectivity index (χ0n) is 17.3. The van der Waals surface area contributed by atoms with Crippen LogP contribution in [0.25, 0.3) is 58.8 Å². The van der Waals surface area contributed by atoms with Crippen molar-refractivity contribution >= 4 is 53.3 Å². The molecule has 0 spiro atoms. The molecule has 2 aromatic heterocycles. The average Bonchev–Trinajstić information content (AvgIpc) is 3.40. The zero-order chi connectivity index (χ0) is 21.1. The van der Waals surface area contributed by atoms with E-state index in [0.29, 0.717) is 0 Å². The van der Waals surface area contributed by atoms with Gasteiger partial charge in [0.25, 0.3) is 0 Å². The number of nitrogens with zero attached hydrogens (tertiary/aromatic N) is 1. The van der Waals surface area contributed by atoms with Crippen molar-refractivity contribution in [1.29, 1.82) is 0 Å². The van der Waals surface area contributed by atoms with Gasteiger partial charge in [0.2, 0.25) is 0 Å². The van der Waals surface area contributed by atoms with Crippen molar-refractivity contribution in [3.05, 3.63) is 115 Å². The van der Waals surface area contributed by atoms with Gasteiger partial charge in [0.15, 0.2) is 0 Å². The summed E-state index contributed by atoms with van der Waals surface area (Å²) in [6.45, 7) is 0. The number of hydrogen-bond acceptors (Lipinski definition) is 1. The molecule has 0 fully saturated rings. The molecule has 0 atom stereocenters. The van der Waals surface area contributed by atoms with E-state index in [-0.39, 0.29) is 0 Å². The molecule has 0 saturated carbocycles. The molecule has 0 radical (unpaired) electrons. The summed E-state index contributed by atoms with van der Waals surface area (Å²) in [5.41, 5.74) is 6.21. The maximum Gasteiger partial charge on any atom is 0.0634 e. The molecule has 7 rings (SSSR count). The van der Waals surface area contributed by atoms with Gasteiger partial charge in [0.05, 0.1) is 11.0 Å². The molecule has 0 aliphatic rings. The van der Waals surface area contributed by atoms with Gasteiger partial charge in [-0.15, -0.1) is 11.3 Å². The number of hydrogen-bond donors (Lipinski definition) is 0. The molecule has 0 N–H and O–H groups in total. The van der Waals surface area contributed by atoms with Crippen molar-refractivity contribution in [3.63, 3.8) is 0 Å². The topological polar surface area (TPSA) is 4.93 Å². The second-order valence-corrected chi connectivity index (χ2v) is 9.29. The molecule has 5 aromatic carbocycles. The Morgan fingerprint density at radius 1 is 0.500 bits per heavy atom. The number of fused-ring (bicyclic) bond motifs is 7. The first-order valence-corrected chi connectivity index (χ1v) is 11.7. The van der Waals surface area contributed by atoms with E-state index in [4.69, 9.17) is 0 Å². The summed E-state index contributed by atoms with van der Waals surface area (Å²) >= 11 is 1.88. The molecular formula is C30H19NS. The molecule has 150 valence electrons. The zero-order valence-corrected chi connectivity index (χ0v) is 18.1. The van der Waals surface area contributed by atoms with Crippen LogP contribution in [0.15, 0.2) is 115 Å². The van der Waals surface area contributed by atoms with Crippen LogP contribution < -0.4 is 0 Å². The smallest absolute Gasteiger partial charge is 0.0634 e. The van der Waals surface area contributed by atoms with Gasteiger partial charge in [-0.3, -0.25) is 0 Å². The normalized spacial score (nSPS) is 11.8. The highest BCUT2D eigenvalue weighted by molar-refractivity contribution is 7.26. The molecule has 1 nitrogen and oxygen atoms in total. The monoisotopic (exact) mass is 425 g/mol. The summed E-state index contributed by atoms with van der Waals surface area (Å²) in [5, 5.41) is 5.29. The fourth-order valence-corrected chi connectivity index (χ4v) is 6.10. The van der Waals surface area contributed by atoms with E-state index in [0.717, 1.165) is 0 Å². The lowest BCUT2D eigenvalue weighted by Gasteiger charge is -2.11. The van der Waals surface area contributed by atoms with Gasteiger partial charge in [0.1, 0.15) is 0 Å². The standard InChI is InChI=1S/C30H19NS/c1-2-9-20(10-3-1)21-11-8-12-22(19-21)31-26-15-6-4-13-23(26)24-17-18-28-29(30(24)31)25-14-5-7-16-27(25)32-28/h1-19H. The van der Waals surface area contributed by atoms with Crippen molar-refractivity contribution in [3.8, 4) is 16.8 Å². The Hall–Kier alpha value is -3.88. The van der Waals surface area contributed by atoms with E-state index in [1.807, 2.05) is 11.3 Å². The largest absolute Gasteiger partial charge is 0.309 e. The Morgan fingerprint density at radius 3 is 2.16 bits per heavy atom. The average molecular weight is 426 g/mol. The van der Waals surface area contributed by atoms with Crippen LogP contribution in [0.5, 0.6) is 0 Å². The SMILES string of the molecule is c1ccc(-c2cccc(-n3c4ccccc4c4ccc5sc6ccccc6c5c43)c2)cc1. The summed E-state index contributed by atoms with van der Waals surface area (Å²) in [4.78, 5) is 0. The minimum absolute atomic E-state index is 1.19. The van der Waals surface area contributed by atoms with Crippen molar-refractivity contribution in [2.45, 2.75) is 0 Å². The molecule has 7 aromatic rings. The number of aromatic nitrogens is 1. The third kappa shape index (κ3) is 2.50. The molecular weight excluding hydrogens is 406 g/mol. The van der Waals surface area contributed by atoms with Gasteiger partial charge in [-0.05, 0) is 41.5 Å². The Bertz CT molecular complexity index is 1770. The van der Waals surface area contributed by atoms with E-state index < -0.39 is 0 Å². The molecule has 0 bridgehead atoms. The predicted octanol–water partition coefficient (Wildman–Crippen LogP) is 8.82. The van der Waals surface area contributed by atoms with Crippen LogP contribution in [0.1, 0.15) is 0 Å². The molecule has 32 heavy (non-hydrogen) atoms. The Labute approximate surface area is 189 Å². The van der Waals surface area contributed by atoms with Gasteiger partial charge >= 0.3 is 0 Å². The summed E-state index contributed by atoms with van der Waals surface area (Å²) in [6.07, 6.45) is 0. The Morgan fingerprint density at radius 2 is 1.25 bits per heavy atom. The second-order valence-electron chi connectivity index (χ2n) is 8.20. The van der Waals surface area contributed by atoms with Crippen LogP contribution >= 0.6 is 11.3 Å². The minimum Gasteiger partial charge on any atom is -0.309 e. The number of thiophene rings is 1. The highest BCUT2D eigenvalue weighted by Crippen LogP contribution is 2.43. The molecule has 0 aliphatic heterocycles. The van der Waals surface area contributed by atoms with Crippen molar-refractivity contribution in [2.24, 2.45) is 0 Å². The molecule has 2 heterocycles. The van der Waals surface area contributed by atoms with Crippen molar-refractivity contribution < 1.29 is 0 Å². The Balaban J connectivity index is 1.65. The van der Waals surface area contributed by atoms with Crippen LogP contribution in [-0.2, 0) is 0 Å². The molecule has 2 heteroatoms. The van der Waals surface area contributed by atoms with Crippen LogP contribution in [0.3, 0.4) is 0 Å². The maximum atomic E-state index is 2.46. The van der Waals surface area contributed by atoms with Gasteiger partial charge in [-0.25, -0.2) is 0 Å². The summed E-state index contributed by atoms with van der Waals surface area (Å²) in [7, 11) is 0. The van der Waals surface area contributed by atoms with Crippen LogP contribution in [0, 0.1) is 0 Å². The highest BCUT2D eigenvalue weighted by atomic mass is 32.1. The fourth-order valence-electron chi connectivity index (χ4n) is 4.99. The van der Waals surface area contributed by atoms with E-state index in [1.165, 1.54) is 58.8 Å². The molecule has 0 aliphatic carbocycles. The highest BCUT2D eigenvalue weighted by Gasteiger charge is 2.17. The maximum absolute atomic E-state index is 2.46. The lowest BCUT2D eigenvalue weighted by Crippen LogP contribution is -1.94. The molecule has 0 unspecified atom stereocenters. The number of para-hydroxylation sites is 1. The summed E-state index contributed by atoms with van der Waals surface area (Å²) in [6, 6.07) is 41.7. The van der Waals surface area contributed by atoms with E-state index in [2.05, 4.69) is 120 Å². The lowest BCUT2D eigenvalue weighted by atomic mass is 10.0. The second kappa shape index (κ2) is 6.81. The number of benzene rings is 5. The molecule has 0 saturated heterocycles. The van der Waals surface area contributed by atoms with E-state index in [1.54, 1.807) is 0 Å². The minimum atomic E-state index is 1.19. The van der Waals surface area contributed by atoms with Crippen LogP contribution in [0.2, 0.25) is 0 Å².